The van der Waals surface area contributed by atoms with Crippen LogP contribution in [0.3, 0.4) is 0 Å². The van der Waals surface area contributed by atoms with E-state index in [9.17, 15) is 4.79 Å². The van der Waals surface area contributed by atoms with Crippen molar-refractivity contribution < 1.29 is 19.5 Å². The smallest absolute Gasteiger partial charge is 0.243 e. The summed E-state index contributed by atoms with van der Waals surface area (Å²) in [7, 11) is 1.60. The van der Waals surface area contributed by atoms with Gasteiger partial charge >= 0.3 is 0 Å². The SMILES string of the molecule is COc1cc2ncnc(N[C@H](C)c3ccccc3)c2cc1OCCCCCC(=O)NO. The molecule has 0 saturated carbocycles. The Morgan fingerprint density at radius 2 is 1.90 bits per heavy atom. The molecule has 3 aromatic rings. The van der Waals surface area contributed by atoms with E-state index in [4.69, 9.17) is 14.7 Å². The Morgan fingerprint density at radius 3 is 2.65 bits per heavy atom. The van der Waals surface area contributed by atoms with Crippen LogP contribution < -0.4 is 20.3 Å². The second-order valence-corrected chi connectivity index (χ2v) is 7.21. The van der Waals surface area contributed by atoms with Gasteiger partial charge in [0.15, 0.2) is 11.5 Å². The molecule has 0 aliphatic carbocycles. The Kier molecular flexibility index (Phi) is 8.00. The molecule has 0 radical (unpaired) electrons. The highest BCUT2D eigenvalue weighted by Crippen LogP contribution is 2.35. The molecule has 0 spiro atoms. The minimum atomic E-state index is -0.373. The molecule has 8 heteroatoms. The second-order valence-electron chi connectivity index (χ2n) is 7.21. The van der Waals surface area contributed by atoms with Crippen LogP contribution >= 0.6 is 0 Å². The minimum Gasteiger partial charge on any atom is -0.493 e. The molecule has 1 aromatic heterocycles. The van der Waals surface area contributed by atoms with Crippen LogP contribution in [0.25, 0.3) is 10.9 Å². The van der Waals surface area contributed by atoms with Crippen LogP contribution in [0.2, 0.25) is 0 Å². The van der Waals surface area contributed by atoms with Gasteiger partial charge in [-0.05, 0) is 37.8 Å². The molecule has 1 amide bonds. The second kappa shape index (κ2) is 11.1. The summed E-state index contributed by atoms with van der Waals surface area (Å²) in [6, 6.07) is 14.0. The van der Waals surface area contributed by atoms with E-state index < -0.39 is 0 Å². The number of fused-ring (bicyclic) bond motifs is 1. The quantitative estimate of drug-likeness (QED) is 0.240. The summed E-state index contributed by atoms with van der Waals surface area (Å²) < 4.78 is 11.4. The number of carbonyl (C=O) groups is 1. The average molecular weight is 425 g/mol. The lowest BCUT2D eigenvalue weighted by molar-refractivity contribution is -0.129. The van der Waals surface area contributed by atoms with Crippen molar-refractivity contribution >= 4 is 22.6 Å². The summed E-state index contributed by atoms with van der Waals surface area (Å²) in [6.45, 7) is 2.57. The monoisotopic (exact) mass is 424 g/mol. The zero-order valence-corrected chi connectivity index (χ0v) is 17.8. The average Bonchev–Trinajstić information content (AvgIpc) is 2.81. The maximum Gasteiger partial charge on any atom is 0.243 e. The van der Waals surface area contributed by atoms with Crippen LogP contribution in [-0.4, -0.2) is 34.8 Å². The Labute approximate surface area is 181 Å². The van der Waals surface area contributed by atoms with Crippen molar-refractivity contribution in [1.29, 1.82) is 0 Å². The molecule has 2 aromatic carbocycles. The normalized spacial score (nSPS) is 11.7. The standard InChI is InChI=1S/C23H28N4O4/c1-16(17-9-5-3-6-10-17)26-23-18-13-21(20(30-2)14-19(18)24-15-25-23)31-12-8-4-7-11-22(28)27-29/h3,5-6,9-10,13-16,29H,4,7-8,11-12H2,1-2H3,(H,27,28)(H,24,25,26)/t16-/m1/s1. The lowest BCUT2D eigenvalue weighted by Crippen LogP contribution is -2.17. The number of nitrogens with one attached hydrogen (secondary N) is 2. The first-order valence-electron chi connectivity index (χ1n) is 10.3. The topological polar surface area (TPSA) is 106 Å². The van der Waals surface area contributed by atoms with Gasteiger partial charge in [0.2, 0.25) is 5.91 Å². The summed E-state index contributed by atoms with van der Waals surface area (Å²) in [6.07, 6.45) is 4.10. The van der Waals surface area contributed by atoms with Crippen LogP contribution in [-0.2, 0) is 4.79 Å². The molecular weight excluding hydrogens is 396 g/mol. The first-order chi connectivity index (χ1) is 15.1. The van der Waals surface area contributed by atoms with Gasteiger partial charge < -0.3 is 14.8 Å². The maximum atomic E-state index is 11.0. The molecule has 0 aliphatic heterocycles. The van der Waals surface area contributed by atoms with Gasteiger partial charge in [0.1, 0.15) is 12.1 Å². The van der Waals surface area contributed by atoms with Crippen molar-refractivity contribution in [1.82, 2.24) is 15.4 Å². The number of hydrogen-bond acceptors (Lipinski definition) is 7. The Morgan fingerprint density at radius 1 is 1.10 bits per heavy atom. The molecule has 8 nitrogen and oxygen atoms in total. The number of methoxy groups -OCH3 is 1. The fraction of sp³-hybridized carbons (Fsp3) is 0.348. The van der Waals surface area contributed by atoms with Crippen molar-refractivity contribution in [3.8, 4) is 11.5 Å². The number of hydrogen-bond donors (Lipinski definition) is 3. The third-order valence-electron chi connectivity index (χ3n) is 5.00. The predicted octanol–water partition coefficient (Wildman–Crippen LogP) is 4.26. The fourth-order valence-corrected chi connectivity index (χ4v) is 3.28. The molecule has 31 heavy (non-hydrogen) atoms. The predicted molar refractivity (Wildman–Crippen MR) is 118 cm³/mol. The molecule has 0 unspecified atom stereocenters. The van der Waals surface area contributed by atoms with Gasteiger partial charge in [0.05, 0.1) is 19.2 Å². The Balaban J connectivity index is 1.71. The minimum absolute atomic E-state index is 0.0712. The number of aromatic nitrogens is 2. The van der Waals surface area contributed by atoms with Crippen LogP contribution in [0.5, 0.6) is 11.5 Å². The Hall–Kier alpha value is -3.39. The van der Waals surface area contributed by atoms with Crippen LogP contribution in [0.15, 0.2) is 48.8 Å². The maximum absolute atomic E-state index is 11.0. The molecule has 0 bridgehead atoms. The van der Waals surface area contributed by atoms with Crippen LogP contribution in [0, 0.1) is 0 Å². The molecule has 1 heterocycles. The van der Waals surface area contributed by atoms with Crippen molar-refractivity contribution in [3.05, 3.63) is 54.4 Å². The summed E-state index contributed by atoms with van der Waals surface area (Å²) in [5.74, 6) is 1.58. The number of amides is 1. The van der Waals surface area contributed by atoms with E-state index >= 15 is 0 Å². The summed E-state index contributed by atoms with van der Waals surface area (Å²) in [5, 5.41) is 12.8. The summed E-state index contributed by atoms with van der Waals surface area (Å²) in [4.78, 5) is 19.9. The van der Waals surface area contributed by atoms with Crippen LogP contribution in [0.1, 0.15) is 44.2 Å². The van der Waals surface area contributed by atoms with E-state index in [2.05, 4.69) is 34.3 Å². The van der Waals surface area contributed by atoms with Crippen LogP contribution in [0.4, 0.5) is 5.82 Å². The number of anilines is 1. The Bertz CT molecular complexity index is 998. The number of rotatable bonds is 11. The highest BCUT2D eigenvalue weighted by molar-refractivity contribution is 5.91. The molecular formula is C23H28N4O4. The van der Waals surface area contributed by atoms with E-state index in [1.54, 1.807) is 12.6 Å². The molecule has 0 fully saturated rings. The molecule has 3 rings (SSSR count). The fourth-order valence-electron chi connectivity index (χ4n) is 3.28. The van der Waals surface area contributed by atoms with Gasteiger partial charge in [0, 0.05) is 23.9 Å². The molecule has 3 N–H and O–H groups in total. The van der Waals surface area contributed by atoms with Gasteiger partial charge in [-0.15, -0.1) is 0 Å². The number of unbranched alkanes of at least 4 members (excludes halogenated alkanes) is 2. The van der Waals surface area contributed by atoms with E-state index in [1.165, 1.54) is 6.33 Å². The van der Waals surface area contributed by atoms with Gasteiger partial charge in [-0.2, -0.15) is 0 Å². The highest BCUT2D eigenvalue weighted by Gasteiger charge is 2.14. The van der Waals surface area contributed by atoms with E-state index in [-0.39, 0.29) is 11.9 Å². The van der Waals surface area contributed by atoms with Crippen molar-refractivity contribution in [2.75, 3.05) is 19.0 Å². The van der Waals surface area contributed by atoms with E-state index in [1.807, 2.05) is 30.3 Å². The largest absolute Gasteiger partial charge is 0.493 e. The number of carbonyl (C=O) groups excluding carboxylic acids is 1. The van der Waals surface area contributed by atoms with E-state index in [0.717, 1.165) is 35.1 Å². The number of nitrogens with zero attached hydrogens (tertiary/aromatic N) is 2. The molecule has 1 atom stereocenters. The van der Waals surface area contributed by atoms with Crippen molar-refractivity contribution in [2.45, 2.75) is 38.6 Å². The summed E-state index contributed by atoms with van der Waals surface area (Å²) >= 11 is 0. The van der Waals surface area contributed by atoms with Gasteiger partial charge in [-0.25, -0.2) is 15.4 Å². The lowest BCUT2D eigenvalue weighted by Gasteiger charge is -2.17. The molecule has 0 saturated heterocycles. The zero-order chi connectivity index (χ0) is 22.1. The third-order valence-corrected chi connectivity index (χ3v) is 5.00. The number of ether oxygens (including phenoxy) is 2. The first kappa shape index (κ1) is 22.3. The van der Waals surface area contributed by atoms with Crippen molar-refractivity contribution in [2.24, 2.45) is 0 Å². The number of benzene rings is 2. The van der Waals surface area contributed by atoms with Crippen molar-refractivity contribution in [3.63, 3.8) is 0 Å². The van der Waals surface area contributed by atoms with E-state index in [0.29, 0.717) is 30.9 Å². The first-order valence-corrected chi connectivity index (χ1v) is 10.3. The molecule has 0 aliphatic rings. The highest BCUT2D eigenvalue weighted by atomic mass is 16.5. The zero-order valence-electron chi connectivity index (χ0n) is 17.8. The summed E-state index contributed by atoms with van der Waals surface area (Å²) in [5.41, 5.74) is 3.56. The third kappa shape index (κ3) is 6.05. The van der Waals surface area contributed by atoms with Gasteiger partial charge in [0.25, 0.3) is 0 Å². The van der Waals surface area contributed by atoms with Gasteiger partial charge in [-0.1, -0.05) is 30.3 Å². The lowest BCUT2D eigenvalue weighted by atomic mass is 10.1. The molecule has 164 valence electrons. The number of hydroxylamine groups is 1. The van der Waals surface area contributed by atoms with Gasteiger partial charge in [-0.3, -0.25) is 10.0 Å².